The van der Waals surface area contributed by atoms with Crippen LogP contribution in [0.2, 0.25) is 0 Å². The molecule has 3 rings (SSSR count). The van der Waals surface area contributed by atoms with Crippen LogP contribution in [0.4, 0.5) is 0 Å². The molecule has 4 nitrogen and oxygen atoms in total. The first-order chi connectivity index (χ1) is 8.20. The monoisotopic (exact) mass is 253 g/mol. The van der Waals surface area contributed by atoms with Crippen LogP contribution in [-0.4, -0.2) is 21.8 Å². The summed E-state index contributed by atoms with van der Waals surface area (Å²) in [6.07, 6.45) is 5.93. The van der Waals surface area contributed by atoms with Gasteiger partial charge in [-0.3, -0.25) is 0 Å². The van der Waals surface area contributed by atoms with Gasteiger partial charge < -0.3 is 10.5 Å². The molecule has 2 fully saturated rings. The first kappa shape index (κ1) is 11.6. The van der Waals surface area contributed by atoms with E-state index in [0.29, 0.717) is 5.92 Å². The molecule has 0 bridgehead atoms. The summed E-state index contributed by atoms with van der Waals surface area (Å²) in [6.45, 7) is 2.86. The molecule has 1 aliphatic carbocycles. The summed E-state index contributed by atoms with van der Waals surface area (Å²) >= 11 is 1.45. The van der Waals surface area contributed by atoms with Crippen LogP contribution >= 0.6 is 11.5 Å². The third kappa shape index (κ3) is 2.00. The van der Waals surface area contributed by atoms with Crippen molar-refractivity contribution in [1.29, 1.82) is 0 Å². The van der Waals surface area contributed by atoms with Crippen LogP contribution in [0.15, 0.2) is 0 Å². The van der Waals surface area contributed by atoms with Crippen LogP contribution in [0.1, 0.15) is 48.7 Å². The molecule has 1 saturated heterocycles. The van der Waals surface area contributed by atoms with E-state index in [1.54, 1.807) is 0 Å². The maximum Gasteiger partial charge on any atom is 0.0772 e. The van der Waals surface area contributed by atoms with Crippen molar-refractivity contribution in [3.8, 4) is 0 Å². The largest absolute Gasteiger partial charge is 0.375 e. The minimum atomic E-state index is 0.0939. The van der Waals surface area contributed by atoms with E-state index in [1.807, 2.05) is 6.92 Å². The molecule has 1 aromatic rings. The molecule has 1 aromatic heterocycles. The lowest BCUT2D eigenvalue weighted by Crippen LogP contribution is -2.47. The lowest BCUT2D eigenvalue weighted by molar-refractivity contribution is -0.146. The van der Waals surface area contributed by atoms with E-state index < -0.39 is 0 Å². The molecule has 2 N–H and O–H groups in total. The number of ether oxygens (including phenoxy) is 1. The molecule has 1 saturated carbocycles. The SMILES string of the molecule is Cc1nnsc1C(N)C1CCOC2(CCC2)C1. The molecule has 94 valence electrons. The summed E-state index contributed by atoms with van der Waals surface area (Å²) in [5.74, 6) is 0.532. The summed E-state index contributed by atoms with van der Waals surface area (Å²) in [5, 5.41) is 4.06. The zero-order valence-electron chi connectivity index (χ0n) is 10.2. The fourth-order valence-corrected chi connectivity index (χ4v) is 3.79. The fraction of sp³-hybridized carbons (Fsp3) is 0.833. The minimum Gasteiger partial charge on any atom is -0.375 e. The Bertz CT molecular complexity index is 402. The molecule has 2 atom stereocenters. The first-order valence-electron chi connectivity index (χ1n) is 6.39. The summed E-state index contributed by atoms with van der Waals surface area (Å²) in [5.41, 5.74) is 7.56. The van der Waals surface area contributed by atoms with Crippen molar-refractivity contribution in [3.63, 3.8) is 0 Å². The molecule has 1 spiro atoms. The Kier molecular flexibility index (Phi) is 2.92. The van der Waals surface area contributed by atoms with E-state index in [-0.39, 0.29) is 11.6 Å². The molecule has 2 heterocycles. The van der Waals surface area contributed by atoms with Gasteiger partial charge in [0.25, 0.3) is 0 Å². The molecule has 5 heteroatoms. The van der Waals surface area contributed by atoms with Crippen molar-refractivity contribution >= 4 is 11.5 Å². The molecule has 0 radical (unpaired) electrons. The first-order valence-corrected chi connectivity index (χ1v) is 7.16. The maximum atomic E-state index is 6.39. The van der Waals surface area contributed by atoms with E-state index in [4.69, 9.17) is 10.5 Å². The van der Waals surface area contributed by atoms with Gasteiger partial charge >= 0.3 is 0 Å². The summed E-state index contributed by atoms with van der Waals surface area (Å²) in [7, 11) is 0. The van der Waals surface area contributed by atoms with Crippen molar-refractivity contribution in [2.24, 2.45) is 11.7 Å². The zero-order valence-corrected chi connectivity index (χ0v) is 11.0. The Hall–Kier alpha value is -0.520. The van der Waals surface area contributed by atoms with Crippen LogP contribution in [-0.2, 0) is 4.74 Å². The van der Waals surface area contributed by atoms with Gasteiger partial charge in [-0.05, 0) is 56.5 Å². The minimum absolute atomic E-state index is 0.0939. The van der Waals surface area contributed by atoms with E-state index >= 15 is 0 Å². The predicted molar refractivity (Wildman–Crippen MR) is 66.8 cm³/mol. The Labute approximate surface area is 106 Å². The Morgan fingerprint density at radius 3 is 2.94 bits per heavy atom. The van der Waals surface area contributed by atoms with E-state index in [9.17, 15) is 0 Å². The normalized spacial score (nSPS) is 28.9. The van der Waals surface area contributed by atoms with Gasteiger partial charge in [0.05, 0.1) is 16.2 Å². The number of aryl methyl sites for hydroxylation is 1. The van der Waals surface area contributed by atoms with Gasteiger partial charge in [-0.25, -0.2) is 0 Å². The lowest BCUT2D eigenvalue weighted by Gasteiger charge is -2.48. The molecule has 1 aliphatic heterocycles. The highest BCUT2D eigenvalue weighted by atomic mass is 32.1. The summed E-state index contributed by atoms with van der Waals surface area (Å²) in [4.78, 5) is 1.16. The summed E-state index contributed by atoms with van der Waals surface area (Å²) in [6, 6.07) is 0.0939. The third-order valence-electron chi connectivity index (χ3n) is 4.29. The smallest absolute Gasteiger partial charge is 0.0772 e. The van der Waals surface area contributed by atoms with Gasteiger partial charge in [-0.15, -0.1) is 5.10 Å². The zero-order chi connectivity index (χ0) is 11.9. The van der Waals surface area contributed by atoms with E-state index in [0.717, 1.165) is 30.0 Å². The predicted octanol–water partition coefficient (Wildman–Crippen LogP) is 2.20. The second-order valence-electron chi connectivity index (χ2n) is 5.39. The fourth-order valence-electron chi connectivity index (χ4n) is 3.05. The molecule has 0 amide bonds. The molecule has 2 unspecified atom stereocenters. The number of nitrogens with zero attached hydrogens (tertiary/aromatic N) is 2. The average Bonchev–Trinajstić information content (AvgIpc) is 2.73. The number of rotatable bonds is 2. The Morgan fingerprint density at radius 1 is 1.53 bits per heavy atom. The Morgan fingerprint density at radius 2 is 2.35 bits per heavy atom. The van der Waals surface area contributed by atoms with Gasteiger partial charge in [0, 0.05) is 12.6 Å². The third-order valence-corrected chi connectivity index (χ3v) is 5.22. The summed E-state index contributed by atoms with van der Waals surface area (Å²) < 4.78 is 9.93. The molecule has 0 aromatic carbocycles. The van der Waals surface area contributed by atoms with Crippen molar-refractivity contribution in [2.75, 3.05) is 6.61 Å². The quantitative estimate of drug-likeness (QED) is 0.877. The van der Waals surface area contributed by atoms with Crippen molar-refractivity contribution in [2.45, 2.75) is 50.7 Å². The van der Waals surface area contributed by atoms with Crippen LogP contribution in [0, 0.1) is 12.8 Å². The van der Waals surface area contributed by atoms with Gasteiger partial charge in [0.2, 0.25) is 0 Å². The van der Waals surface area contributed by atoms with Gasteiger partial charge in [0.1, 0.15) is 0 Å². The van der Waals surface area contributed by atoms with E-state index in [2.05, 4.69) is 9.59 Å². The highest BCUT2D eigenvalue weighted by Gasteiger charge is 2.44. The molecule has 17 heavy (non-hydrogen) atoms. The van der Waals surface area contributed by atoms with Crippen LogP contribution in [0.3, 0.4) is 0 Å². The highest BCUT2D eigenvalue weighted by molar-refractivity contribution is 7.05. The molecular formula is C12H19N3OS. The molecular weight excluding hydrogens is 234 g/mol. The molecule has 2 aliphatic rings. The number of nitrogens with two attached hydrogens (primary N) is 1. The van der Waals surface area contributed by atoms with Crippen molar-refractivity contribution in [1.82, 2.24) is 9.59 Å². The van der Waals surface area contributed by atoms with Crippen LogP contribution in [0.5, 0.6) is 0 Å². The second kappa shape index (κ2) is 4.30. The number of hydrogen-bond acceptors (Lipinski definition) is 5. The van der Waals surface area contributed by atoms with Gasteiger partial charge in [-0.2, -0.15) is 0 Å². The van der Waals surface area contributed by atoms with Gasteiger partial charge in [0.15, 0.2) is 0 Å². The van der Waals surface area contributed by atoms with Crippen LogP contribution in [0.25, 0.3) is 0 Å². The average molecular weight is 253 g/mol. The Balaban J connectivity index is 1.73. The second-order valence-corrected chi connectivity index (χ2v) is 6.17. The van der Waals surface area contributed by atoms with Crippen LogP contribution < -0.4 is 5.73 Å². The lowest BCUT2D eigenvalue weighted by atomic mass is 9.70. The number of hydrogen-bond donors (Lipinski definition) is 1. The number of aromatic nitrogens is 2. The maximum absolute atomic E-state index is 6.39. The van der Waals surface area contributed by atoms with Gasteiger partial charge in [-0.1, -0.05) is 4.49 Å². The van der Waals surface area contributed by atoms with E-state index in [1.165, 1.54) is 30.8 Å². The van der Waals surface area contributed by atoms with Crippen molar-refractivity contribution < 1.29 is 4.74 Å². The topological polar surface area (TPSA) is 61.0 Å². The highest BCUT2D eigenvalue weighted by Crippen LogP contribution is 2.47. The van der Waals surface area contributed by atoms with Crippen molar-refractivity contribution in [3.05, 3.63) is 10.6 Å². The standard InChI is InChI=1S/C12H19N3OS/c1-8-11(17-15-14-8)10(13)9-3-6-16-12(7-9)4-2-5-12/h9-10H,2-7,13H2,1H3.